The van der Waals surface area contributed by atoms with Gasteiger partial charge in [0.25, 0.3) is 0 Å². The van der Waals surface area contributed by atoms with Crippen molar-refractivity contribution in [2.75, 3.05) is 7.05 Å². The molecular formula is C12H21N3O. The van der Waals surface area contributed by atoms with E-state index in [1.165, 1.54) is 17.7 Å². The van der Waals surface area contributed by atoms with E-state index >= 15 is 0 Å². The fourth-order valence-electron chi connectivity index (χ4n) is 2.53. The van der Waals surface area contributed by atoms with Gasteiger partial charge in [-0.1, -0.05) is 12.8 Å². The summed E-state index contributed by atoms with van der Waals surface area (Å²) in [5.41, 5.74) is 2.40. The molecule has 16 heavy (non-hydrogen) atoms. The van der Waals surface area contributed by atoms with Gasteiger partial charge in [0.1, 0.15) is 0 Å². The van der Waals surface area contributed by atoms with Gasteiger partial charge < -0.3 is 10.4 Å². The van der Waals surface area contributed by atoms with E-state index < -0.39 is 0 Å². The minimum atomic E-state index is -0.227. The third kappa shape index (κ3) is 2.13. The molecule has 90 valence electrons. The molecule has 0 amide bonds. The fourth-order valence-corrected chi connectivity index (χ4v) is 2.53. The zero-order valence-corrected chi connectivity index (χ0v) is 10.1. The Morgan fingerprint density at radius 3 is 2.94 bits per heavy atom. The van der Waals surface area contributed by atoms with Crippen LogP contribution >= 0.6 is 0 Å². The third-order valence-corrected chi connectivity index (χ3v) is 3.52. The molecular weight excluding hydrogens is 202 g/mol. The first-order valence-corrected chi connectivity index (χ1v) is 6.09. The summed E-state index contributed by atoms with van der Waals surface area (Å²) < 4.78 is 2.01. The number of hydrogen-bond donors (Lipinski definition) is 2. The van der Waals surface area contributed by atoms with Gasteiger partial charge in [-0.15, -0.1) is 0 Å². The Bertz CT molecular complexity index is 348. The summed E-state index contributed by atoms with van der Waals surface area (Å²) in [6, 6.07) is 0.180. The monoisotopic (exact) mass is 223 g/mol. The maximum atomic E-state index is 10.0. The lowest BCUT2D eigenvalue weighted by molar-refractivity contribution is 0.0683. The molecule has 1 aromatic rings. The fraction of sp³-hybridized carbons (Fsp3) is 0.750. The number of aliphatic hydroxyl groups excluding tert-OH is 1. The molecule has 4 nitrogen and oxygen atoms in total. The van der Waals surface area contributed by atoms with E-state index in [0.717, 1.165) is 25.8 Å². The van der Waals surface area contributed by atoms with Crippen LogP contribution in [0.1, 0.15) is 43.0 Å². The van der Waals surface area contributed by atoms with E-state index in [-0.39, 0.29) is 12.1 Å². The van der Waals surface area contributed by atoms with Crippen molar-refractivity contribution in [2.45, 2.75) is 51.3 Å². The molecule has 2 atom stereocenters. The second-order valence-corrected chi connectivity index (χ2v) is 4.65. The van der Waals surface area contributed by atoms with Crippen LogP contribution in [0.3, 0.4) is 0 Å². The van der Waals surface area contributed by atoms with Crippen LogP contribution in [-0.4, -0.2) is 28.0 Å². The smallest absolute Gasteiger partial charge is 0.0781 e. The Kier molecular flexibility index (Phi) is 3.61. The van der Waals surface area contributed by atoms with Crippen LogP contribution in [0.2, 0.25) is 0 Å². The highest BCUT2D eigenvalue weighted by molar-refractivity contribution is 5.16. The molecule has 0 spiro atoms. The standard InChI is InChI=1S/C12H21N3O/c1-9-10(7-13-2)8-14-15(9)11-5-3-4-6-12(11)16/h8,11-13,16H,3-7H2,1-2H3. The van der Waals surface area contributed by atoms with E-state index in [1.807, 2.05) is 17.9 Å². The van der Waals surface area contributed by atoms with E-state index in [9.17, 15) is 5.11 Å². The van der Waals surface area contributed by atoms with Crippen molar-refractivity contribution in [3.05, 3.63) is 17.5 Å². The summed E-state index contributed by atoms with van der Waals surface area (Å²) in [6.07, 6.45) is 5.97. The Morgan fingerprint density at radius 1 is 1.50 bits per heavy atom. The lowest BCUT2D eigenvalue weighted by atomic mass is 9.92. The van der Waals surface area contributed by atoms with Crippen LogP contribution in [0.4, 0.5) is 0 Å². The predicted molar refractivity (Wildman–Crippen MR) is 63.2 cm³/mol. The molecule has 2 rings (SSSR count). The lowest BCUT2D eigenvalue weighted by Gasteiger charge is -2.28. The van der Waals surface area contributed by atoms with Crippen LogP contribution in [-0.2, 0) is 6.54 Å². The first kappa shape index (κ1) is 11.6. The molecule has 1 fully saturated rings. The summed E-state index contributed by atoms with van der Waals surface area (Å²) in [5.74, 6) is 0. The van der Waals surface area contributed by atoms with Crippen molar-refractivity contribution in [2.24, 2.45) is 0 Å². The van der Waals surface area contributed by atoms with Gasteiger partial charge in [-0.2, -0.15) is 5.10 Å². The topological polar surface area (TPSA) is 50.1 Å². The van der Waals surface area contributed by atoms with Crippen LogP contribution in [0, 0.1) is 6.92 Å². The molecule has 2 N–H and O–H groups in total. The SMILES string of the molecule is CNCc1cnn(C2CCCCC2O)c1C. The van der Waals surface area contributed by atoms with Gasteiger partial charge in [0.2, 0.25) is 0 Å². The summed E-state index contributed by atoms with van der Waals surface area (Å²) >= 11 is 0. The minimum Gasteiger partial charge on any atom is -0.391 e. The van der Waals surface area contributed by atoms with Crippen LogP contribution in [0.5, 0.6) is 0 Å². The van der Waals surface area contributed by atoms with Crippen molar-refractivity contribution in [1.29, 1.82) is 0 Å². The second-order valence-electron chi connectivity index (χ2n) is 4.65. The maximum Gasteiger partial charge on any atom is 0.0781 e. The highest BCUT2D eigenvalue weighted by Crippen LogP contribution is 2.29. The Morgan fingerprint density at radius 2 is 2.25 bits per heavy atom. The number of nitrogens with one attached hydrogen (secondary N) is 1. The van der Waals surface area contributed by atoms with Gasteiger partial charge >= 0.3 is 0 Å². The number of rotatable bonds is 3. The number of hydrogen-bond acceptors (Lipinski definition) is 3. The molecule has 0 radical (unpaired) electrons. The predicted octanol–water partition coefficient (Wildman–Crippen LogP) is 1.39. The maximum absolute atomic E-state index is 10.0. The summed E-state index contributed by atoms with van der Waals surface area (Å²) in [4.78, 5) is 0. The second kappa shape index (κ2) is 4.97. The molecule has 2 unspecified atom stereocenters. The zero-order chi connectivity index (χ0) is 11.5. The van der Waals surface area contributed by atoms with Crippen molar-refractivity contribution in [3.63, 3.8) is 0 Å². The average Bonchev–Trinajstić information content (AvgIpc) is 2.62. The van der Waals surface area contributed by atoms with E-state index in [0.29, 0.717) is 0 Å². The highest BCUT2D eigenvalue weighted by atomic mass is 16.3. The Balaban J connectivity index is 2.19. The number of aliphatic hydroxyl groups is 1. The van der Waals surface area contributed by atoms with Crippen molar-refractivity contribution >= 4 is 0 Å². The van der Waals surface area contributed by atoms with E-state index in [1.54, 1.807) is 0 Å². The molecule has 0 aliphatic heterocycles. The van der Waals surface area contributed by atoms with Gasteiger partial charge in [-0.25, -0.2) is 0 Å². The third-order valence-electron chi connectivity index (χ3n) is 3.52. The lowest BCUT2D eigenvalue weighted by Crippen LogP contribution is -2.29. The minimum absolute atomic E-state index is 0.180. The van der Waals surface area contributed by atoms with E-state index in [2.05, 4.69) is 17.3 Å². The zero-order valence-electron chi connectivity index (χ0n) is 10.1. The summed E-state index contributed by atoms with van der Waals surface area (Å²) in [5, 5.41) is 17.6. The van der Waals surface area contributed by atoms with Crippen molar-refractivity contribution in [1.82, 2.24) is 15.1 Å². The molecule has 0 aromatic carbocycles. The van der Waals surface area contributed by atoms with Gasteiger partial charge in [0.05, 0.1) is 18.3 Å². The van der Waals surface area contributed by atoms with Crippen LogP contribution in [0.15, 0.2) is 6.20 Å². The highest BCUT2D eigenvalue weighted by Gasteiger charge is 2.26. The van der Waals surface area contributed by atoms with Gasteiger partial charge in [0.15, 0.2) is 0 Å². The largest absolute Gasteiger partial charge is 0.391 e. The van der Waals surface area contributed by atoms with Crippen LogP contribution in [0.25, 0.3) is 0 Å². The summed E-state index contributed by atoms with van der Waals surface area (Å²) in [6.45, 7) is 2.93. The normalized spacial score (nSPS) is 25.9. The molecule has 1 aromatic heterocycles. The van der Waals surface area contributed by atoms with Crippen molar-refractivity contribution < 1.29 is 5.11 Å². The first-order chi connectivity index (χ1) is 7.74. The van der Waals surface area contributed by atoms with Gasteiger partial charge in [-0.05, 0) is 26.8 Å². The first-order valence-electron chi connectivity index (χ1n) is 6.09. The summed E-state index contributed by atoms with van der Waals surface area (Å²) in [7, 11) is 1.94. The molecule has 1 aliphatic carbocycles. The quantitative estimate of drug-likeness (QED) is 0.814. The molecule has 1 heterocycles. The number of aromatic nitrogens is 2. The Labute approximate surface area is 96.7 Å². The van der Waals surface area contributed by atoms with E-state index in [4.69, 9.17) is 0 Å². The molecule has 1 saturated carbocycles. The van der Waals surface area contributed by atoms with Crippen LogP contribution < -0.4 is 5.32 Å². The molecule has 0 saturated heterocycles. The van der Waals surface area contributed by atoms with Gasteiger partial charge in [-0.3, -0.25) is 4.68 Å². The Hall–Kier alpha value is -0.870. The van der Waals surface area contributed by atoms with Crippen molar-refractivity contribution in [3.8, 4) is 0 Å². The molecule has 1 aliphatic rings. The van der Waals surface area contributed by atoms with Gasteiger partial charge in [0, 0.05) is 17.8 Å². The number of nitrogens with zero attached hydrogens (tertiary/aromatic N) is 2. The average molecular weight is 223 g/mol. The molecule has 0 bridgehead atoms. The molecule has 4 heteroatoms.